The lowest BCUT2D eigenvalue weighted by atomic mass is 10.0. The number of amides is 3. The summed E-state index contributed by atoms with van der Waals surface area (Å²) >= 11 is 0. The minimum atomic E-state index is -1.21. The van der Waals surface area contributed by atoms with Gasteiger partial charge in [0, 0.05) is 13.0 Å². The number of carbonyl (C=O) groups excluding carboxylic acids is 3. The van der Waals surface area contributed by atoms with Crippen molar-refractivity contribution in [1.82, 2.24) is 16.0 Å². The zero-order valence-corrected chi connectivity index (χ0v) is 20.7. The zero-order chi connectivity index (χ0) is 27.8. The number of nitrogens with zero attached hydrogens (tertiary/aromatic N) is 1. The van der Waals surface area contributed by atoms with E-state index in [1.54, 1.807) is 12.1 Å². The fourth-order valence-corrected chi connectivity index (χ4v) is 3.29. The monoisotopic (exact) mass is 522 g/mol. The second kappa shape index (κ2) is 16.7. The van der Waals surface area contributed by atoms with Gasteiger partial charge in [0.05, 0.1) is 12.6 Å². The van der Waals surface area contributed by atoms with Crippen molar-refractivity contribution < 1.29 is 29.4 Å². The van der Waals surface area contributed by atoms with Gasteiger partial charge in [0.2, 0.25) is 17.7 Å². The lowest BCUT2D eigenvalue weighted by molar-refractivity contribution is -0.142. The van der Waals surface area contributed by atoms with Gasteiger partial charge in [-0.05, 0) is 56.3 Å². The topological polar surface area (TPSA) is 261 Å². The summed E-state index contributed by atoms with van der Waals surface area (Å²) in [5.74, 6) is -3.19. The second-order valence-corrected chi connectivity index (χ2v) is 8.45. The number of benzene rings is 1. The van der Waals surface area contributed by atoms with Crippen LogP contribution in [0.1, 0.15) is 37.7 Å². The van der Waals surface area contributed by atoms with Crippen molar-refractivity contribution in [3.05, 3.63) is 29.8 Å². The summed E-state index contributed by atoms with van der Waals surface area (Å²) < 4.78 is 0. The Bertz CT molecular complexity index is 920. The maximum Gasteiger partial charge on any atom is 0.326 e. The number of phenolic OH excluding ortho intramolecular Hbond substituents is 1. The molecule has 206 valence electrons. The number of hydrogen-bond donors (Lipinski definition) is 9. The van der Waals surface area contributed by atoms with Crippen LogP contribution in [0.3, 0.4) is 0 Å². The molecule has 0 spiro atoms. The molecule has 3 atom stereocenters. The lowest BCUT2D eigenvalue weighted by Gasteiger charge is -2.22. The summed E-state index contributed by atoms with van der Waals surface area (Å²) in [5.41, 5.74) is 22.3. The van der Waals surface area contributed by atoms with Crippen LogP contribution in [0.5, 0.6) is 5.75 Å². The molecule has 0 fully saturated rings. The van der Waals surface area contributed by atoms with Crippen molar-refractivity contribution >= 4 is 29.7 Å². The van der Waals surface area contributed by atoms with Gasteiger partial charge in [-0.2, -0.15) is 0 Å². The Kier molecular flexibility index (Phi) is 14.1. The Morgan fingerprint density at radius 3 is 2.19 bits per heavy atom. The third-order valence-corrected chi connectivity index (χ3v) is 5.32. The first-order valence-electron chi connectivity index (χ1n) is 11.9. The van der Waals surface area contributed by atoms with Crippen LogP contribution < -0.4 is 38.9 Å². The highest BCUT2D eigenvalue weighted by molar-refractivity contribution is 5.92. The number of aliphatic carboxylic acids is 1. The van der Waals surface area contributed by atoms with Gasteiger partial charge in [0.1, 0.15) is 17.8 Å². The van der Waals surface area contributed by atoms with E-state index in [1.165, 1.54) is 12.1 Å². The molecule has 13 N–H and O–H groups in total. The van der Waals surface area contributed by atoms with Crippen LogP contribution in [-0.4, -0.2) is 77.6 Å². The Morgan fingerprint density at radius 1 is 0.919 bits per heavy atom. The van der Waals surface area contributed by atoms with Crippen molar-refractivity contribution in [3.63, 3.8) is 0 Å². The van der Waals surface area contributed by atoms with Gasteiger partial charge in [-0.3, -0.25) is 19.4 Å². The van der Waals surface area contributed by atoms with E-state index < -0.39 is 48.4 Å². The normalized spacial score (nSPS) is 13.0. The molecule has 0 aliphatic rings. The minimum absolute atomic E-state index is 0.0191. The van der Waals surface area contributed by atoms with E-state index in [1.807, 2.05) is 0 Å². The van der Waals surface area contributed by atoms with E-state index in [9.17, 15) is 29.4 Å². The van der Waals surface area contributed by atoms with Crippen molar-refractivity contribution in [2.24, 2.45) is 27.9 Å². The number of rotatable bonds is 17. The summed E-state index contributed by atoms with van der Waals surface area (Å²) in [7, 11) is 0. The van der Waals surface area contributed by atoms with Gasteiger partial charge >= 0.3 is 5.97 Å². The first-order valence-corrected chi connectivity index (χ1v) is 11.9. The van der Waals surface area contributed by atoms with E-state index in [-0.39, 0.29) is 31.0 Å². The number of aromatic hydroxyl groups is 1. The largest absolute Gasteiger partial charge is 0.508 e. The second-order valence-electron chi connectivity index (χ2n) is 8.45. The van der Waals surface area contributed by atoms with E-state index in [0.29, 0.717) is 37.9 Å². The SMILES string of the molecule is NCCCCC(NC(=O)C(Cc1ccc(O)cc1)NC(=O)CNC(=O)C(N)CCCN=C(N)N)C(=O)O. The average Bonchev–Trinajstić information content (AvgIpc) is 2.85. The molecule has 1 aromatic rings. The molecule has 3 amide bonds. The molecule has 1 aromatic carbocycles. The van der Waals surface area contributed by atoms with E-state index in [4.69, 9.17) is 22.9 Å². The number of phenols is 1. The molecule has 0 heterocycles. The van der Waals surface area contributed by atoms with Crippen LogP contribution in [0.15, 0.2) is 29.3 Å². The number of unbranched alkanes of at least 4 members (excludes halogenated alkanes) is 1. The molecular weight excluding hydrogens is 484 g/mol. The van der Waals surface area contributed by atoms with Crippen LogP contribution in [0, 0.1) is 0 Å². The number of hydrogen-bond acceptors (Lipinski definition) is 8. The van der Waals surface area contributed by atoms with E-state index in [2.05, 4.69) is 20.9 Å². The first kappa shape index (κ1) is 31.1. The lowest BCUT2D eigenvalue weighted by Crippen LogP contribution is -2.54. The maximum atomic E-state index is 12.9. The molecule has 37 heavy (non-hydrogen) atoms. The molecule has 1 rings (SSSR count). The summed E-state index contributed by atoms with van der Waals surface area (Å²) in [5, 5.41) is 26.3. The highest BCUT2D eigenvalue weighted by atomic mass is 16.4. The standard InChI is InChI=1S/C23H38N8O6/c24-10-2-1-5-17(22(36)37)31-21(35)18(12-14-6-8-15(32)9-7-14)30-19(33)13-29-20(34)16(25)4-3-11-28-23(26)27/h6-9,16-18,32H,1-5,10-13,24-25H2,(H,29,34)(H,30,33)(H,31,35)(H,36,37)(H4,26,27,28). The fraction of sp³-hybridized carbons (Fsp3) is 0.522. The van der Waals surface area contributed by atoms with Gasteiger partial charge in [-0.15, -0.1) is 0 Å². The summed E-state index contributed by atoms with van der Waals surface area (Å²) in [4.78, 5) is 53.1. The summed E-state index contributed by atoms with van der Waals surface area (Å²) in [6.07, 6.45) is 2.05. The molecule has 14 nitrogen and oxygen atoms in total. The number of carboxylic acid groups (broad SMARTS) is 1. The van der Waals surface area contributed by atoms with Crippen LogP contribution in [0.25, 0.3) is 0 Å². The number of aliphatic imine (C=N–C) groups is 1. The van der Waals surface area contributed by atoms with Crippen LogP contribution in [0.4, 0.5) is 0 Å². The van der Waals surface area contributed by atoms with Crippen molar-refractivity contribution in [3.8, 4) is 5.75 Å². The molecule has 0 aromatic heterocycles. The predicted octanol–water partition coefficient (Wildman–Crippen LogP) is -2.38. The van der Waals surface area contributed by atoms with Gasteiger partial charge in [0.25, 0.3) is 0 Å². The Balaban J connectivity index is 2.77. The van der Waals surface area contributed by atoms with Crippen LogP contribution in [0.2, 0.25) is 0 Å². The average molecular weight is 523 g/mol. The molecule has 0 aliphatic carbocycles. The van der Waals surface area contributed by atoms with Gasteiger partial charge in [-0.25, -0.2) is 4.79 Å². The molecule has 3 unspecified atom stereocenters. The highest BCUT2D eigenvalue weighted by Gasteiger charge is 2.27. The zero-order valence-electron chi connectivity index (χ0n) is 20.7. The molecule has 0 saturated heterocycles. The van der Waals surface area contributed by atoms with Crippen molar-refractivity contribution in [2.75, 3.05) is 19.6 Å². The van der Waals surface area contributed by atoms with Crippen LogP contribution in [-0.2, 0) is 25.6 Å². The van der Waals surface area contributed by atoms with Gasteiger partial charge < -0.3 is 49.1 Å². The van der Waals surface area contributed by atoms with E-state index in [0.717, 1.165) is 0 Å². The first-order chi connectivity index (χ1) is 17.5. The van der Waals surface area contributed by atoms with Crippen molar-refractivity contribution in [1.29, 1.82) is 0 Å². The smallest absolute Gasteiger partial charge is 0.326 e. The Labute approximate surface area is 215 Å². The van der Waals surface area contributed by atoms with E-state index >= 15 is 0 Å². The quantitative estimate of drug-likeness (QED) is 0.0595. The Hall–Kier alpha value is -3.91. The minimum Gasteiger partial charge on any atom is -0.508 e. The fourth-order valence-electron chi connectivity index (χ4n) is 3.29. The van der Waals surface area contributed by atoms with Gasteiger partial charge in [-0.1, -0.05) is 12.1 Å². The Morgan fingerprint density at radius 2 is 1.59 bits per heavy atom. The third-order valence-electron chi connectivity index (χ3n) is 5.32. The number of guanidine groups is 1. The molecule has 14 heteroatoms. The maximum absolute atomic E-state index is 12.9. The summed E-state index contributed by atoms with van der Waals surface area (Å²) in [6.45, 7) is 0.255. The number of carbonyl (C=O) groups is 4. The molecule has 0 radical (unpaired) electrons. The molecular formula is C23H38N8O6. The predicted molar refractivity (Wildman–Crippen MR) is 137 cm³/mol. The molecule has 0 bridgehead atoms. The highest BCUT2D eigenvalue weighted by Crippen LogP contribution is 2.12. The molecule has 0 saturated carbocycles. The number of carboxylic acids is 1. The molecule has 0 aliphatic heterocycles. The van der Waals surface area contributed by atoms with Crippen LogP contribution >= 0.6 is 0 Å². The third kappa shape index (κ3) is 13.1. The number of nitrogens with two attached hydrogens (primary N) is 4. The number of nitrogens with one attached hydrogen (secondary N) is 3. The van der Waals surface area contributed by atoms with Gasteiger partial charge in [0.15, 0.2) is 5.96 Å². The van der Waals surface area contributed by atoms with Crippen molar-refractivity contribution in [2.45, 2.75) is 56.7 Å². The summed E-state index contributed by atoms with van der Waals surface area (Å²) in [6, 6.07) is 2.81.